The largest absolute Gasteiger partial charge is 0.487 e. The van der Waals surface area contributed by atoms with E-state index in [9.17, 15) is 0 Å². The Morgan fingerprint density at radius 2 is 1.42 bits per heavy atom. The third-order valence-corrected chi connectivity index (χ3v) is 14.1. The lowest BCUT2D eigenvalue weighted by Crippen LogP contribution is -1.88. The van der Waals surface area contributed by atoms with E-state index in [-0.39, 0.29) is 0 Å². The Kier molecular flexibility index (Phi) is 7.56. The van der Waals surface area contributed by atoms with Crippen LogP contribution in [0.1, 0.15) is 36.9 Å². The molecule has 0 aliphatic heterocycles. The molecule has 0 aliphatic rings. The minimum atomic E-state index is 0.899. The van der Waals surface area contributed by atoms with Crippen molar-refractivity contribution in [3.63, 3.8) is 0 Å². The number of hydrogen-bond donors (Lipinski definition) is 0. The third kappa shape index (κ3) is 5.21. The molecule has 45 heavy (non-hydrogen) atoms. The molecule has 0 N–H and O–H groups in total. The molecular formula is C36H26N2OS6. The highest BCUT2D eigenvalue weighted by atomic mass is 32.1. The van der Waals surface area contributed by atoms with Crippen molar-refractivity contribution in [1.29, 1.82) is 0 Å². The molecule has 0 aliphatic carbocycles. The van der Waals surface area contributed by atoms with Crippen molar-refractivity contribution in [3.05, 3.63) is 96.9 Å². The first kappa shape index (κ1) is 29.0. The minimum absolute atomic E-state index is 0.899. The predicted octanol–water partition coefficient (Wildman–Crippen LogP) is 12.9. The molecule has 8 rings (SSSR count). The molecule has 0 amide bonds. The number of methoxy groups -OCH3 is 1. The predicted molar refractivity (Wildman–Crippen MR) is 204 cm³/mol. The SMILES string of the molecule is COc1ccc(/C=C/c2c(/C=C/c3ccc(C)s3)cc(-c3ccc(-c4cc5c(C)c6sccc6c(C)c5s4)s3)c3nsnc23)s1. The van der Waals surface area contributed by atoms with Crippen molar-refractivity contribution in [2.45, 2.75) is 20.8 Å². The van der Waals surface area contributed by atoms with Crippen LogP contribution in [0.3, 0.4) is 0 Å². The maximum Gasteiger partial charge on any atom is 0.173 e. The third-order valence-electron chi connectivity index (χ3n) is 8.02. The second-order valence-electron chi connectivity index (χ2n) is 10.8. The lowest BCUT2D eigenvalue weighted by Gasteiger charge is -2.07. The molecule has 222 valence electrons. The smallest absolute Gasteiger partial charge is 0.173 e. The number of rotatable bonds is 7. The molecule has 6 aromatic heterocycles. The zero-order valence-electron chi connectivity index (χ0n) is 24.8. The standard InChI is InChI=1S/C36H26N2OS6/c1-19-5-7-23(41-19)8-6-22-17-28(34-33(37-45-38-34)26(22)11-9-24-10-14-32(39-4)42-24)29-12-13-30(43-29)31-18-27-21(3)35-25(15-16-40-35)20(2)36(27)44-31/h5-18H,1-4H3/b8-6+,11-9+. The molecule has 0 radical (unpaired) electrons. The van der Waals surface area contributed by atoms with Gasteiger partial charge in [0.1, 0.15) is 11.0 Å². The number of benzene rings is 2. The van der Waals surface area contributed by atoms with Crippen LogP contribution >= 0.6 is 68.4 Å². The fourth-order valence-electron chi connectivity index (χ4n) is 5.72. The van der Waals surface area contributed by atoms with Crippen LogP contribution in [0.2, 0.25) is 0 Å². The van der Waals surface area contributed by atoms with Gasteiger partial charge in [0.2, 0.25) is 0 Å². The zero-order chi connectivity index (χ0) is 30.7. The number of ether oxygens (including phenoxy) is 1. The first-order valence-corrected chi connectivity index (χ1v) is 19.2. The van der Waals surface area contributed by atoms with Gasteiger partial charge in [0.25, 0.3) is 0 Å². The Hall–Kier alpha value is -3.44. The Morgan fingerprint density at radius 3 is 2.24 bits per heavy atom. The van der Waals surface area contributed by atoms with Crippen molar-refractivity contribution in [3.8, 4) is 25.3 Å². The summed E-state index contributed by atoms with van der Waals surface area (Å²) in [6, 6.07) is 19.9. The Morgan fingerprint density at radius 1 is 0.644 bits per heavy atom. The molecule has 8 aromatic rings. The fourth-order valence-corrected chi connectivity index (χ4v) is 11.1. The lowest BCUT2D eigenvalue weighted by atomic mass is 9.99. The van der Waals surface area contributed by atoms with Gasteiger partial charge in [-0.2, -0.15) is 8.75 Å². The second-order valence-corrected chi connectivity index (χ2v) is 16.8. The fraction of sp³-hybridized carbons (Fsp3) is 0.111. The molecule has 9 heteroatoms. The Labute approximate surface area is 285 Å². The van der Waals surface area contributed by atoms with Crippen LogP contribution in [0.25, 0.3) is 75.7 Å². The van der Waals surface area contributed by atoms with Gasteiger partial charge in [0.15, 0.2) is 5.06 Å². The summed E-state index contributed by atoms with van der Waals surface area (Å²) in [7, 11) is 1.71. The van der Waals surface area contributed by atoms with Gasteiger partial charge in [-0.25, -0.2) is 0 Å². The molecule has 0 bridgehead atoms. The van der Waals surface area contributed by atoms with Gasteiger partial charge in [-0.05, 0) is 120 Å². The summed E-state index contributed by atoms with van der Waals surface area (Å²) in [5.41, 5.74) is 7.98. The molecule has 6 heterocycles. The van der Waals surface area contributed by atoms with Gasteiger partial charge >= 0.3 is 0 Å². The maximum atomic E-state index is 5.42. The molecule has 0 spiro atoms. The van der Waals surface area contributed by atoms with E-state index in [1.165, 1.54) is 67.4 Å². The van der Waals surface area contributed by atoms with Crippen LogP contribution < -0.4 is 4.74 Å². The summed E-state index contributed by atoms with van der Waals surface area (Å²) >= 11 is 10.3. The molecule has 0 atom stereocenters. The average Bonchev–Trinajstić information content (AvgIpc) is 3.88. The zero-order valence-corrected chi connectivity index (χ0v) is 29.7. The van der Waals surface area contributed by atoms with Crippen LogP contribution in [0.4, 0.5) is 0 Å². The molecule has 0 fully saturated rings. The highest BCUT2D eigenvalue weighted by Crippen LogP contribution is 2.46. The number of thiophene rings is 5. The summed E-state index contributed by atoms with van der Waals surface area (Å²) in [5, 5.41) is 5.87. The summed E-state index contributed by atoms with van der Waals surface area (Å²) in [6.07, 6.45) is 8.75. The average molecular weight is 695 g/mol. The van der Waals surface area contributed by atoms with Gasteiger partial charge in [0.05, 0.1) is 18.8 Å². The van der Waals surface area contributed by atoms with E-state index in [4.69, 9.17) is 13.5 Å². The molecule has 0 saturated carbocycles. The van der Waals surface area contributed by atoms with Crippen molar-refractivity contribution in [2.24, 2.45) is 0 Å². The number of fused-ring (bicyclic) bond motifs is 3. The van der Waals surface area contributed by atoms with Crippen LogP contribution in [-0.4, -0.2) is 15.9 Å². The molecular weight excluding hydrogens is 669 g/mol. The van der Waals surface area contributed by atoms with Crippen molar-refractivity contribution in [1.82, 2.24) is 8.75 Å². The quantitative estimate of drug-likeness (QED) is 0.167. The van der Waals surface area contributed by atoms with Crippen LogP contribution in [0.5, 0.6) is 5.06 Å². The first-order chi connectivity index (χ1) is 22.0. The van der Waals surface area contributed by atoms with Crippen LogP contribution in [0, 0.1) is 20.8 Å². The van der Waals surface area contributed by atoms with Gasteiger partial charge in [0, 0.05) is 49.8 Å². The second kappa shape index (κ2) is 11.7. The molecule has 0 saturated heterocycles. The van der Waals surface area contributed by atoms with E-state index in [1.807, 2.05) is 40.1 Å². The molecule has 0 unspecified atom stereocenters. The molecule has 3 nitrogen and oxygen atoms in total. The van der Waals surface area contributed by atoms with E-state index < -0.39 is 0 Å². The normalized spacial score (nSPS) is 12.3. The van der Waals surface area contributed by atoms with E-state index in [0.29, 0.717) is 0 Å². The van der Waals surface area contributed by atoms with Crippen LogP contribution in [0.15, 0.2) is 60.0 Å². The summed E-state index contributed by atoms with van der Waals surface area (Å²) in [5.74, 6) is 0. The minimum Gasteiger partial charge on any atom is -0.487 e. The number of aryl methyl sites for hydroxylation is 3. The molecule has 2 aromatic carbocycles. The van der Waals surface area contributed by atoms with E-state index in [0.717, 1.165) is 37.7 Å². The van der Waals surface area contributed by atoms with Crippen molar-refractivity contribution in [2.75, 3.05) is 7.11 Å². The lowest BCUT2D eigenvalue weighted by molar-refractivity contribution is 0.427. The number of nitrogens with zero attached hydrogens (tertiary/aromatic N) is 2. The van der Waals surface area contributed by atoms with Gasteiger partial charge < -0.3 is 4.74 Å². The van der Waals surface area contributed by atoms with Gasteiger partial charge in [-0.3, -0.25) is 0 Å². The van der Waals surface area contributed by atoms with Crippen LogP contribution in [-0.2, 0) is 0 Å². The van der Waals surface area contributed by atoms with Crippen molar-refractivity contribution < 1.29 is 4.74 Å². The maximum absolute atomic E-state index is 5.42. The number of aromatic nitrogens is 2. The van der Waals surface area contributed by atoms with Gasteiger partial charge in [-0.15, -0.1) is 45.3 Å². The highest BCUT2D eigenvalue weighted by molar-refractivity contribution is 7.27. The summed E-state index contributed by atoms with van der Waals surface area (Å²) < 4.78 is 17.9. The monoisotopic (exact) mass is 694 g/mol. The van der Waals surface area contributed by atoms with Gasteiger partial charge in [-0.1, -0.05) is 23.5 Å². The van der Waals surface area contributed by atoms with Crippen molar-refractivity contribution >= 4 is 124 Å². The van der Waals surface area contributed by atoms with E-state index >= 15 is 0 Å². The Bertz CT molecular complexity index is 2370. The highest BCUT2D eigenvalue weighted by Gasteiger charge is 2.19. The summed E-state index contributed by atoms with van der Waals surface area (Å²) in [4.78, 5) is 7.47. The Balaban J connectivity index is 1.24. The summed E-state index contributed by atoms with van der Waals surface area (Å²) in [6.45, 7) is 6.67. The topological polar surface area (TPSA) is 35.0 Å². The first-order valence-electron chi connectivity index (χ1n) is 14.3. The number of hydrogen-bond acceptors (Lipinski definition) is 9. The van der Waals surface area contributed by atoms with E-state index in [2.05, 4.69) is 99.0 Å². The van der Waals surface area contributed by atoms with E-state index in [1.54, 1.807) is 29.8 Å².